The summed E-state index contributed by atoms with van der Waals surface area (Å²) in [5.41, 5.74) is 0.653. The zero-order valence-electron chi connectivity index (χ0n) is 11.1. The summed E-state index contributed by atoms with van der Waals surface area (Å²) in [5, 5.41) is 10.1. The standard InChI is InChI=1S/C14H20O4/c1-4-10(15)5-7-13(16)12-9-11(17-2)6-8-14(12)18-3/h6,8-9,13,16H,4-5,7H2,1-3H3. The summed E-state index contributed by atoms with van der Waals surface area (Å²) >= 11 is 0. The zero-order chi connectivity index (χ0) is 13.5. The first-order valence-electron chi connectivity index (χ1n) is 6.04. The maximum atomic E-state index is 11.3. The van der Waals surface area contributed by atoms with Gasteiger partial charge in [0, 0.05) is 18.4 Å². The Labute approximate surface area is 108 Å². The van der Waals surface area contributed by atoms with Gasteiger partial charge in [-0.25, -0.2) is 0 Å². The molecule has 0 heterocycles. The summed E-state index contributed by atoms with van der Waals surface area (Å²) in [6.45, 7) is 1.82. The Morgan fingerprint density at radius 3 is 2.61 bits per heavy atom. The van der Waals surface area contributed by atoms with Crippen molar-refractivity contribution in [3.8, 4) is 11.5 Å². The van der Waals surface area contributed by atoms with E-state index in [1.165, 1.54) is 0 Å². The first kappa shape index (κ1) is 14.5. The summed E-state index contributed by atoms with van der Waals surface area (Å²) in [5.74, 6) is 1.41. The van der Waals surface area contributed by atoms with Crippen LogP contribution in [0, 0.1) is 0 Å². The minimum atomic E-state index is -0.717. The van der Waals surface area contributed by atoms with Gasteiger partial charge in [0.05, 0.1) is 20.3 Å². The van der Waals surface area contributed by atoms with E-state index in [9.17, 15) is 9.90 Å². The van der Waals surface area contributed by atoms with Crippen molar-refractivity contribution >= 4 is 5.78 Å². The molecule has 0 radical (unpaired) electrons. The second-order valence-corrected chi connectivity index (χ2v) is 4.05. The largest absolute Gasteiger partial charge is 0.497 e. The highest BCUT2D eigenvalue weighted by Gasteiger charge is 2.15. The van der Waals surface area contributed by atoms with Gasteiger partial charge in [0.25, 0.3) is 0 Å². The van der Waals surface area contributed by atoms with Gasteiger partial charge in [0.1, 0.15) is 17.3 Å². The number of Topliss-reactive ketones (excluding diaryl/α,β-unsaturated/α-hetero) is 1. The van der Waals surface area contributed by atoms with Gasteiger partial charge in [-0.3, -0.25) is 4.79 Å². The highest BCUT2D eigenvalue weighted by atomic mass is 16.5. The molecule has 1 rings (SSSR count). The van der Waals surface area contributed by atoms with Crippen LogP contribution in [-0.2, 0) is 4.79 Å². The lowest BCUT2D eigenvalue weighted by Crippen LogP contribution is -2.04. The molecule has 0 saturated heterocycles. The molecule has 0 spiro atoms. The second kappa shape index (κ2) is 7.01. The number of carbonyl (C=O) groups excluding carboxylic acids is 1. The summed E-state index contributed by atoms with van der Waals surface area (Å²) in [7, 11) is 3.12. The molecule has 1 aromatic rings. The lowest BCUT2D eigenvalue weighted by molar-refractivity contribution is -0.119. The fraction of sp³-hybridized carbons (Fsp3) is 0.500. The van der Waals surface area contributed by atoms with E-state index >= 15 is 0 Å². The average molecular weight is 252 g/mol. The van der Waals surface area contributed by atoms with Crippen LogP contribution in [-0.4, -0.2) is 25.1 Å². The third-order valence-corrected chi connectivity index (χ3v) is 2.89. The van der Waals surface area contributed by atoms with Crippen LogP contribution in [0.5, 0.6) is 11.5 Å². The zero-order valence-corrected chi connectivity index (χ0v) is 11.1. The van der Waals surface area contributed by atoms with Gasteiger partial charge in [0.15, 0.2) is 0 Å². The maximum Gasteiger partial charge on any atom is 0.132 e. The topological polar surface area (TPSA) is 55.8 Å². The van der Waals surface area contributed by atoms with Crippen molar-refractivity contribution in [2.75, 3.05) is 14.2 Å². The Kier molecular flexibility index (Phi) is 5.65. The van der Waals surface area contributed by atoms with Crippen molar-refractivity contribution in [2.45, 2.75) is 32.3 Å². The van der Waals surface area contributed by atoms with Crippen LogP contribution in [0.25, 0.3) is 0 Å². The molecule has 1 N–H and O–H groups in total. The molecule has 0 aliphatic rings. The fourth-order valence-electron chi connectivity index (χ4n) is 1.73. The van der Waals surface area contributed by atoms with Gasteiger partial charge in [-0.15, -0.1) is 0 Å². The number of hydrogen-bond acceptors (Lipinski definition) is 4. The number of aliphatic hydroxyl groups excluding tert-OH is 1. The van der Waals surface area contributed by atoms with Gasteiger partial charge < -0.3 is 14.6 Å². The number of aliphatic hydroxyl groups is 1. The van der Waals surface area contributed by atoms with Gasteiger partial charge in [-0.1, -0.05) is 6.92 Å². The van der Waals surface area contributed by atoms with Crippen LogP contribution >= 0.6 is 0 Å². The summed E-state index contributed by atoms with van der Waals surface area (Å²) < 4.78 is 10.3. The minimum absolute atomic E-state index is 0.149. The monoisotopic (exact) mass is 252 g/mol. The van der Waals surface area contributed by atoms with Gasteiger partial charge in [0.2, 0.25) is 0 Å². The quantitative estimate of drug-likeness (QED) is 0.810. The number of benzene rings is 1. The number of ketones is 1. The van der Waals surface area contributed by atoms with Gasteiger partial charge in [-0.05, 0) is 24.6 Å². The molecule has 4 heteroatoms. The second-order valence-electron chi connectivity index (χ2n) is 4.05. The van der Waals surface area contributed by atoms with E-state index in [1.807, 2.05) is 6.92 Å². The summed E-state index contributed by atoms with van der Waals surface area (Å²) in [4.78, 5) is 11.3. The molecule has 0 aliphatic carbocycles. The fourth-order valence-corrected chi connectivity index (χ4v) is 1.73. The van der Waals surface area contributed by atoms with Crippen LogP contribution in [0.4, 0.5) is 0 Å². The first-order valence-corrected chi connectivity index (χ1v) is 6.04. The molecular weight excluding hydrogens is 232 g/mol. The summed E-state index contributed by atoms with van der Waals surface area (Å²) in [6.07, 6.45) is 0.557. The van der Waals surface area contributed by atoms with Gasteiger partial charge >= 0.3 is 0 Å². The maximum absolute atomic E-state index is 11.3. The van der Waals surface area contributed by atoms with Crippen LogP contribution in [0.1, 0.15) is 37.9 Å². The molecule has 0 aliphatic heterocycles. The number of methoxy groups -OCH3 is 2. The molecule has 1 unspecified atom stereocenters. The van der Waals surface area contributed by atoms with Crippen LogP contribution < -0.4 is 9.47 Å². The molecule has 1 aromatic carbocycles. The lowest BCUT2D eigenvalue weighted by Gasteiger charge is -2.15. The molecule has 0 fully saturated rings. The normalized spacial score (nSPS) is 12.0. The van der Waals surface area contributed by atoms with E-state index in [1.54, 1.807) is 32.4 Å². The van der Waals surface area contributed by atoms with Crippen molar-refractivity contribution in [2.24, 2.45) is 0 Å². The number of ether oxygens (including phenoxy) is 2. The molecule has 0 aromatic heterocycles. The average Bonchev–Trinajstić information content (AvgIpc) is 2.43. The third-order valence-electron chi connectivity index (χ3n) is 2.89. The number of hydrogen-bond donors (Lipinski definition) is 1. The predicted molar refractivity (Wildman–Crippen MR) is 69.0 cm³/mol. The number of carbonyl (C=O) groups is 1. The highest BCUT2D eigenvalue weighted by Crippen LogP contribution is 2.31. The van der Waals surface area contributed by atoms with Crippen molar-refractivity contribution in [3.05, 3.63) is 23.8 Å². The van der Waals surface area contributed by atoms with Gasteiger partial charge in [-0.2, -0.15) is 0 Å². The molecule has 0 bridgehead atoms. The van der Waals surface area contributed by atoms with E-state index in [0.717, 1.165) is 0 Å². The highest BCUT2D eigenvalue weighted by molar-refractivity contribution is 5.78. The van der Waals surface area contributed by atoms with Crippen LogP contribution in [0.15, 0.2) is 18.2 Å². The Morgan fingerprint density at radius 2 is 2.06 bits per heavy atom. The minimum Gasteiger partial charge on any atom is -0.497 e. The Bertz CT molecular complexity index is 401. The smallest absolute Gasteiger partial charge is 0.132 e. The lowest BCUT2D eigenvalue weighted by atomic mass is 10.0. The SMILES string of the molecule is CCC(=O)CCC(O)c1cc(OC)ccc1OC. The Morgan fingerprint density at radius 1 is 1.33 bits per heavy atom. The molecular formula is C14H20O4. The van der Waals surface area contributed by atoms with Crippen molar-refractivity contribution in [1.82, 2.24) is 0 Å². The summed E-state index contributed by atoms with van der Waals surface area (Å²) in [6, 6.07) is 5.26. The van der Waals surface area contributed by atoms with Crippen molar-refractivity contribution in [1.29, 1.82) is 0 Å². The predicted octanol–water partition coefficient (Wildman–Crippen LogP) is 2.50. The first-order chi connectivity index (χ1) is 8.62. The van der Waals surface area contributed by atoms with Crippen LogP contribution in [0.2, 0.25) is 0 Å². The van der Waals surface area contributed by atoms with E-state index in [4.69, 9.17) is 9.47 Å². The number of rotatable bonds is 7. The Hall–Kier alpha value is -1.55. The third kappa shape index (κ3) is 3.74. The molecule has 100 valence electrons. The molecule has 1 atom stereocenters. The van der Waals surface area contributed by atoms with Crippen molar-refractivity contribution < 1.29 is 19.4 Å². The molecule has 4 nitrogen and oxygen atoms in total. The van der Waals surface area contributed by atoms with E-state index in [0.29, 0.717) is 36.3 Å². The van der Waals surface area contributed by atoms with E-state index in [-0.39, 0.29) is 5.78 Å². The van der Waals surface area contributed by atoms with Crippen molar-refractivity contribution in [3.63, 3.8) is 0 Å². The molecule has 0 saturated carbocycles. The molecule has 0 amide bonds. The molecule has 18 heavy (non-hydrogen) atoms. The van der Waals surface area contributed by atoms with E-state index in [2.05, 4.69) is 0 Å². The van der Waals surface area contributed by atoms with E-state index < -0.39 is 6.10 Å². The van der Waals surface area contributed by atoms with Crippen LogP contribution in [0.3, 0.4) is 0 Å². The Balaban J connectivity index is 2.82.